The Labute approximate surface area is 134 Å². The van der Waals surface area contributed by atoms with Crippen LogP contribution in [0.15, 0.2) is 0 Å². The number of hydrogen-bond donors (Lipinski definition) is 1. The molecule has 0 aromatic carbocycles. The lowest BCUT2D eigenvalue weighted by atomic mass is 10.1. The Morgan fingerprint density at radius 2 is 1.52 bits per heavy atom. The summed E-state index contributed by atoms with van der Waals surface area (Å²) in [7, 11) is 0. The molecule has 1 atom stereocenters. The first kappa shape index (κ1) is 20.9. The normalized spacial score (nSPS) is 14.1. The largest absolute Gasteiger partial charge is 0.312 e. The van der Waals surface area contributed by atoms with E-state index in [1.54, 1.807) is 0 Å². The lowest BCUT2D eigenvalue weighted by molar-refractivity contribution is 0.189. The fraction of sp³-hybridized carbons (Fsp3) is 1.00. The van der Waals surface area contributed by atoms with Crippen LogP contribution in [-0.2, 0) is 0 Å². The second-order valence-electron chi connectivity index (χ2n) is 7.18. The number of rotatable bonds is 12. The summed E-state index contributed by atoms with van der Waals surface area (Å²) in [5.41, 5.74) is 0.247. The minimum absolute atomic E-state index is 0.247. The average Bonchev–Trinajstić information content (AvgIpc) is 2.43. The van der Waals surface area contributed by atoms with E-state index >= 15 is 0 Å². The van der Waals surface area contributed by atoms with Gasteiger partial charge in [-0.3, -0.25) is 0 Å². The van der Waals surface area contributed by atoms with Crippen molar-refractivity contribution in [1.82, 2.24) is 15.1 Å². The predicted molar refractivity (Wildman–Crippen MR) is 96.1 cm³/mol. The van der Waals surface area contributed by atoms with E-state index in [1.165, 1.54) is 52.0 Å². The second-order valence-corrected chi connectivity index (χ2v) is 7.18. The third-order valence-corrected chi connectivity index (χ3v) is 4.30. The van der Waals surface area contributed by atoms with Crippen molar-refractivity contribution in [3.63, 3.8) is 0 Å². The molecule has 0 rings (SSSR count). The lowest BCUT2D eigenvalue weighted by Crippen LogP contribution is -2.38. The van der Waals surface area contributed by atoms with E-state index in [9.17, 15) is 0 Å². The van der Waals surface area contributed by atoms with Gasteiger partial charge in [0.1, 0.15) is 0 Å². The molecule has 0 aliphatic rings. The SMILES string of the molecule is CCN(CC)CCCN(CC)C(C)CCCNC(C)(C)C. The Hall–Kier alpha value is -0.120. The summed E-state index contributed by atoms with van der Waals surface area (Å²) in [6.45, 7) is 23.0. The minimum Gasteiger partial charge on any atom is -0.312 e. The summed E-state index contributed by atoms with van der Waals surface area (Å²) in [5.74, 6) is 0. The van der Waals surface area contributed by atoms with E-state index in [2.05, 4.69) is 63.6 Å². The first-order chi connectivity index (χ1) is 9.84. The van der Waals surface area contributed by atoms with Crippen molar-refractivity contribution in [3.05, 3.63) is 0 Å². The van der Waals surface area contributed by atoms with E-state index in [4.69, 9.17) is 0 Å². The zero-order valence-electron chi connectivity index (χ0n) is 15.8. The molecule has 1 unspecified atom stereocenters. The van der Waals surface area contributed by atoms with Crippen molar-refractivity contribution in [2.24, 2.45) is 0 Å². The first-order valence-electron chi connectivity index (χ1n) is 9.05. The quantitative estimate of drug-likeness (QED) is 0.556. The number of nitrogens with zero attached hydrogens (tertiary/aromatic N) is 2. The molecule has 3 nitrogen and oxygen atoms in total. The van der Waals surface area contributed by atoms with Gasteiger partial charge in [-0.2, -0.15) is 0 Å². The summed E-state index contributed by atoms with van der Waals surface area (Å²) in [4.78, 5) is 5.16. The highest BCUT2D eigenvalue weighted by Gasteiger charge is 2.13. The van der Waals surface area contributed by atoms with Crippen molar-refractivity contribution in [2.45, 2.75) is 79.3 Å². The van der Waals surface area contributed by atoms with E-state index in [1.807, 2.05) is 0 Å². The van der Waals surface area contributed by atoms with Crippen LogP contribution in [0.1, 0.15) is 67.7 Å². The van der Waals surface area contributed by atoms with Crippen molar-refractivity contribution in [2.75, 3.05) is 39.3 Å². The van der Waals surface area contributed by atoms with Crippen LogP contribution >= 0.6 is 0 Å². The van der Waals surface area contributed by atoms with Crippen LogP contribution in [0.5, 0.6) is 0 Å². The van der Waals surface area contributed by atoms with Gasteiger partial charge in [-0.15, -0.1) is 0 Å². The number of hydrogen-bond acceptors (Lipinski definition) is 3. The maximum atomic E-state index is 3.58. The maximum Gasteiger partial charge on any atom is 0.00965 e. The summed E-state index contributed by atoms with van der Waals surface area (Å²) < 4.78 is 0. The molecule has 0 saturated carbocycles. The Morgan fingerprint density at radius 1 is 0.905 bits per heavy atom. The van der Waals surface area contributed by atoms with Gasteiger partial charge in [0.2, 0.25) is 0 Å². The van der Waals surface area contributed by atoms with Gasteiger partial charge in [0.15, 0.2) is 0 Å². The van der Waals surface area contributed by atoms with Gasteiger partial charge >= 0.3 is 0 Å². The highest BCUT2D eigenvalue weighted by atomic mass is 15.2. The fourth-order valence-electron chi connectivity index (χ4n) is 2.77. The molecular formula is C18H41N3. The van der Waals surface area contributed by atoms with Gasteiger partial charge in [-0.05, 0) is 86.2 Å². The van der Waals surface area contributed by atoms with Crippen LogP contribution in [0, 0.1) is 0 Å². The minimum atomic E-state index is 0.247. The Kier molecular flexibility index (Phi) is 11.4. The van der Waals surface area contributed by atoms with Gasteiger partial charge < -0.3 is 15.1 Å². The van der Waals surface area contributed by atoms with Crippen LogP contribution in [0.4, 0.5) is 0 Å². The molecule has 0 radical (unpaired) electrons. The highest BCUT2D eigenvalue weighted by Crippen LogP contribution is 2.08. The Bertz CT molecular complexity index is 231. The van der Waals surface area contributed by atoms with E-state index in [-0.39, 0.29) is 5.54 Å². The summed E-state index contributed by atoms with van der Waals surface area (Å²) in [6, 6.07) is 0.702. The molecule has 3 heteroatoms. The molecule has 0 aliphatic heterocycles. The van der Waals surface area contributed by atoms with Crippen molar-refractivity contribution < 1.29 is 0 Å². The molecule has 0 heterocycles. The van der Waals surface area contributed by atoms with Crippen LogP contribution in [0.25, 0.3) is 0 Å². The van der Waals surface area contributed by atoms with Gasteiger partial charge in [0.05, 0.1) is 0 Å². The molecular weight excluding hydrogens is 258 g/mol. The summed E-state index contributed by atoms with van der Waals surface area (Å²) >= 11 is 0. The molecule has 1 N–H and O–H groups in total. The highest BCUT2D eigenvalue weighted by molar-refractivity contribution is 4.72. The third kappa shape index (κ3) is 11.1. The maximum absolute atomic E-state index is 3.58. The molecule has 0 fully saturated rings. The molecule has 21 heavy (non-hydrogen) atoms. The van der Waals surface area contributed by atoms with E-state index in [0.29, 0.717) is 6.04 Å². The molecule has 0 aliphatic carbocycles. The molecule has 0 aromatic rings. The van der Waals surface area contributed by atoms with Crippen molar-refractivity contribution >= 4 is 0 Å². The van der Waals surface area contributed by atoms with Crippen LogP contribution < -0.4 is 5.32 Å². The Morgan fingerprint density at radius 3 is 2.00 bits per heavy atom. The average molecular weight is 300 g/mol. The smallest absolute Gasteiger partial charge is 0.00965 e. The molecule has 0 saturated heterocycles. The fourth-order valence-corrected chi connectivity index (χ4v) is 2.77. The van der Waals surface area contributed by atoms with Gasteiger partial charge in [0.25, 0.3) is 0 Å². The standard InChI is InChI=1S/C18H41N3/c1-8-20(9-2)15-12-16-21(10-3)17(4)13-11-14-19-18(5,6)7/h17,19H,8-16H2,1-7H3. The van der Waals surface area contributed by atoms with E-state index in [0.717, 1.165) is 6.54 Å². The monoisotopic (exact) mass is 299 g/mol. The molecule has 128 valence electrons. The van der Waals surface area contributed by atoms with Gasteiger partial charge in [-0.25, -0.2) is 0 Å². The zero-order chi connectivity index (χ0) is 16.3. The van der Waals surface area contributed by atoms with Crippen molar-refractivity contribution in [1.29, 1.82) is 0 Å². The molecule has 0 bridgehead atoms. The first-order valence-corrected chi connectivity index (χ1v) is 9.05. The summed E-state index contributed by atoms with van der Waals surface area (Å²) in [5, 5.41) is 3.58. The zero-order valence-corrected chi connectivity index (χ0v) is 15.8. The lowest BCUT2D eigenvalue weighted by Gasteiger charge is -2.29. The number of nitrogens with one attached hydrogen (secondary N) is 1. The molecule has 0 aromatic heterocycles. The Balaban J connectivity index is 3.88. The topological polar surface area (TPSA) is 18.5 Å². The van der Waals surface area contributed by atoms with Crippen LogP contribution in [0.2, 0.25) is 0 Å². The van der Waals surface area contributed by atoms with Crippen LogP contribution in [0.3, 0.4) is 0 Å². The molecule has 0 spiro atoms. The third-order valence-electron chi connectivity index (χ3n) is 4.30. The predicted octanol–water partition coefficient (Wildman–Crippen LogP) is 3.60. The molecule has 0 amide bonds. The van der Waals surface area contributed by atoms with Crippen molar-refractivity contribution in [3.8, 4) is 0 Å². The summed E-state index contributed by atoms with van der Waals surface area (Å²) in [6.07, 6.45) is 3.85. The van der Waals surface area contributed by atoms with Gasteiger partial charge in [-0.1, -0.05) is 20.8 Å². The second kappa shape index (κ2) is 11.4. The van der Waals surface area contributed by atoms with E-state index < -0.39 is 0 Å². The van der Waals surface area contributed by atoms with Gasteiger partial charge in [0, 0.05) is 11.6 Å². The van der Waals surface area contributed by atoms with Crippen LogP contribution in [-0.4, -0.2) is 60.6 Å².